The molecular formula is C27H28N2O3S. The highest BCUT2D eigenvalue weighted by Crippen LogP contribution is 2.34. The van der Waals surface area contributed by atoms with Gasteiger partial charge in [-0.2, -0.15) is 0 Å². The van der Waals surface area contributed by atoms with Crippen LogP contribution in [0.2, 0.25) is 0 Å². The Bertz CT molecular complexity index is 1300. The van der Waals surface area contributed by atoms with Gasteiger partial charge in [-0.15, -0.1) is 0 Å². The van der Waals surface area contributed by atoms with Crippen LogP contribution in [0.25, 0.3) is 0 Å². The van der Waals surface area contributed by atoms with E-state index in [1.165, 1.54) is 5.56 Å². The van der Waals surface area contributed by atoms with Gasteiger partial charge in [0.1, 0.15) is 0 Å². The molecule has 0 fully saturated rings. The minimum atomic E-state index is -3.62. The van der Waals surface area contributed by atoms with Crippen molar-refractivity contribution in [3.8, 4) is 0 Å². The number of carbonyl (C=O) groups is 1. The maximum absolute atomic E-state index is 13.2. The molecule has 0 radical (unpaired) electrons. The van der Waals surface area contributed by atoms with Gasteiger partial charge in [0.25, 0.3) is 5.91 Å². The third-order valence-electron chi connectivity index (χ3n) is 6.70. The third-order valence-corrected chi connectivity index (χ3v) is 8.10. The van der Waals surface area contributed by atoms with Crippen molar-refractivity contribution >= 4 is 21.6 Å². The lowest BCUT2D eigenvalue weighted by atomic mass is 9.92. The van der Waals surface area contributed by atoms with Crippen LogP contribution in [0.3, 0.4) is 0 Å². The van der Waals surface area contributed by atoms with E-state index in [0.717, 1.165) is 54.5 Å². The minimum absolute atomic E-state index is 0.0337. The number of hydrogen-bond donors (Lipinski definition) is 1. The SMILES string of the molecule is CC1Cc2ccc(CNS(=O)(=O)c3ccc4c(c3)CCCC4)cc2N1C(=O)c1ccccc1. The molecule has 0 saturated heterocycles. The van der Waals surface area contributed by atoms with Crippen LogP contribution < -0.4 is 9.62 Å². The van der Waals surface area contributed by atoms with Gasteiger partial charge in [-0.3, -0.25) is 4.79 Å². The second kappa shape index (κ2) is 8.76. The van der Waals surface area contributed by atoms with Gasteiger partial charge >= 0.3 is 0 Å². The van der Waals surface area contributed by atoms with E-state index in [4.69, 9.17) is 0 Å². The number of carbonyl (C=O) groups excluding carboxylic acids is 1. The summed E-state index contributed by atoms with van der Waals surface area (Å²) < 4.78 is 28.7. The van der Waals surface area contributed by atoms with Crippen LogP contribution in [0.4, 0.5) is 5.69 Å². The number of nitrogens with zero attached hydrogens (tertiary/aromatic N) is 1. The molecule has 0 spiro atoms. The zero-order chi connectivity index (χ0) is 23.0. The Morgan fingerprint density at radius 2 is 1.67 bits per heavy atom. The summed E-state index contributed by atoms with van der Waals surface area (Å²) in [6.07, 6.45) is 5.02. The van der Waals surface area contributed by atoms with Gasteiger partial charge in [0, 0.05) is 23.8 Å². The largest absolute Gasteiger partial charge is 0.305 e. The van der Waals surface area contributed by atoms with E-state index in [-0.39, 0.29) is 18.5 Å². The van der Waals surface area contributed by atoms with Gasteiger partial charge in [-0.1, -0.05) is 36.4 Å². The number of anilines is 1. The summed E-state index contributed by atoms with van der Waals surface area (Å²) in [6.45, 7) is 2.22. The Labute approximate surface area is 195 Å². The Morgan fingerprint density at radius 1 is 0.939 bits per heavy atom. The van der Waals surface area contributed by atoms with Crippen molar-refractivity contribution in [2.45, 2.75) is 56.5 Å². The summed E-state index contributed by atoms with van der Waals surface area (Å²) in [5, 5.41) is 0. The number of nitrogens with one attached hydrogen (secondary N) is 1. The first-order valence-electron chi connectivity index (χ1n) is 11.5. The number of sulfonamides is 1. The van der Waals surface area contributed by atoms with Crippen molar-refractivity contribution in [2.24, 2.45) is 0 Å². The molecule has 33 heavy (non-hydrogen) atoms. The highest BCUT2D eigenvalue weighted by Gasteiger charge is 2.31. The molecule has 1 amide bonds. The Hall–Kier alpha value is -2.96. The number of amides is 1. The maximum atomic E-state index is 13.2. The van der Waals surface area contributed by atoms with Gasteiger partial charge in [0.2, 0.25) is 10.0 Å². The van der Waals surface area contributed by atoms with Gasteiger partial charge in [-0.25, -0.2) is 13.1 Å². The van der Waals surface area contributed by atoms with Crippen molar-refractivity contribution in [1.29, 1.82) is 0 Å². The topological polar surface area (TPSA) is 66.5 Å². The quantitative estimate of drug-likeness (QED) is 0.603. The molecule has 5 nitrogen and oxygen atoms in total. The van der Waals surface area contributed by atoms with E-state index in [2.05, 4.69) is 4.72 Å². The van der Waals surface area contributed by atoms with Gasteiger partial charge in [-0.05, 0) is 91.6 Å². The van der Waals surface area contributed by atoms with E-state index in [1.54, 1.807) is 6.07 Å². The Balaban J connectivity index is 1.35. The molecule has 5 rings (SSSR count). The molecule has 0 bridgehead atoms. The number of hydrogen-bond acceptors (Lipinski definition) is 3. The molecule has 3 aromatic carbocycles. The molecule has 1 aliphatic heterocycles. The van der Waals surface area contributed by atoms with E-state index in [1.807, 2.05) is 72.5 Å². The van der Waals surface area contributed by atoms with Crippen molar-refractivity contribution < 1.29 is 13.2 Å². The molecule has 0 aromatic heterocycles. The smallest absolute Gasteiger partial charge is 0.258 e. The Morgan fingerprint density at radius 3 is 2.45 bits per heavy atom. The molecule has 1 aliphatic carbocycles. The molecule has 3 aromatic rings. The van der Waals surface area contributed by atoms with Gasteiger partial charge in [0.15, 0.2) is 0 Å². The van der Waals surface area contributed by atoms with Crippen molar-refractivity contribution in [3.05, 3.63) is 94.5 Å². The normalized spacial score (nSPS) is 17.5. The molecule has 1 N–H and O–H groups in total. The van der Waals surface area contributed by atoms with Crippen LogP contribution >= 0.6 is 0 Å². The standard InChI is InChI=1S/C27H28N2O3S/c1-19-15-24-12-11-20(16-26(24)29(19)27(30)22-8-3-2-4-9-22)18-28-33(31,32)25-14-13-21-7-5-6-10-23(21)17-25/h2-4,8-9,11-14,16-17,19,28H,5-7,10,15,18H2,1H3. The lowest BCUT2D eigenvalue weighted by Gasteiger charge is -2.23. The zero-order valence-corrected chi connectivity index (χ0v) is 19.6. The molecule has 1 heterocycles. The Kier molecular flexibility index (Phi) is 5.81. The molecule has 1 unspecified atom stereocenters. The number of aryl methyl sites for hydroxylation is 2. The zero-order valence-electron chi connectivity index (χ0n) is 18.8. The van der Waals surface area contributed by atoms with Crippen molar-refractivity contribution in [3.63, 3.8) is 0 Å². The molecule has 170 valence electrons. The van der Waals surface area contributed by atoms with Crippen LogP contribution in [-0.4, -0.2) is 20.4 Å². The van der Waals surface area contributed by atoms with Gasteiger partial charge < -0.3 is 4.90 Å². The van der Waals surface area contributed by atoms with Crippen LogP contribution in [0, 0.1) is 0 Å². The first kappa shape index (κ1) is 21.9. The lowest BCUT2D eigenvalue weighted by molar-refractivity contribution is 0.0981. The second-order valence-electron chi connectivity index (χ2n) is 9.02. The fourth-order valence-corrected chi connectivity index (χ4v) is 6.00. The molecule has 1 atom stereocenters. The summed E-state index contributed by atoms with van der Waals surface area (Å²) in [4.78, 5) is 15.3. The molecular weight excluding hydrogens is 432 g/mol. The molecule has 2 aliphatic rings. The van der Waals surface area contributed by atoms with Crippen LogP contribution in [0.15, 0.2) is 71.6 Å². The lowest BCUT2D eigenvalue weighted by Crippen LogP contribution is -2.35. The summed E-state index contributed by atoms with van der Waals surface area (Å²) in [5.41, 5.74) is 5.85. The average molecular weight is 461 g/mol. The van der Waals surface area contributed by atoms with Crippen LogP contribution in [0.5, 0.6) is 0 Å². The summed E-state index contributed by atoms with van der Waals surface area (Å²) >= 11 is 0. The van der Waals surface area contributed by atoms with E-state index < -0.39 is 10.0 Å². The van der Waals surface area contributed by atoms with Crippen molar-refractivity contribution in [2.75, 3.05) is 4.90 Å². The number of fused-ring (bicyclic) bond motifs is 2. The highest BCUT2D eigenvalue weighted by molar-refractivity contribution is 7.89. The summed E-state index contributed by atoms with van der Waals surface area (Å²) in [6, 6.07) is 20.7. The predicted molar refractivity (Wildman–Crippen MR) is 130 cm³/mol. The van der Waals surface area contributed by atoms with E-state index >= 15 is 0 Å². The summed E-state index contributed by atoms with van der Waals surface area (Å²) in [7, 11) is -3.62. The fraction of sp³-hybridized carbons (Fsp3) is 0.296. The van der Waals surface area contributed by atoms with Crippen LogP contribution in [-0.2, 0) is 35.8 Å². The van der Waals surface area contributed by atoms with Crippen molar-refractivity contribution in [1.82, 2.24) is 4.72 Å². The average Bonchev–Trinajstić information content (AvgIpc) is 3.17. The molecule has 6 heteroatoms. The minimum Gasteiger partial charge on any atom is -0.305 e. The predicted octanol–water partition coefficient (Wildman–Crippen LogP) is 4.64. The monoisotopic (exact) mass is 460 g/mol. The third kappa shape index (κ3) is 4.33. The van der Waals surface area contributed by atoms with E-state index in [9.17, 15) is 13.2 Å². The fourth-order valence-electron chi connectivity index (χ4n) is 4.93. The van der Waals surface area contributed by atoms with E-state index in [0.29, 0.717) is 10.5 Å². The molecule has 0 saturated carbocycles. The van der Waals surface area contributed by atoms with Crippen LogP contribution in [0.1, 0.15) is 52.4 Å². The number of rotatable bonds is 5. The van der Waals surface area contributed by atoms with Gasteiger partial charge in [0.05, 0.1) is 4.90 Å². The first-order chi connectivity index (χ1) is 15.9. The summed E-state index contributed by atoms with van der Waals surface area (Å²) in [5.74, 6) is -0.0337. The first-order valence-corrected chi connectivity index (χ1v) is 13.0. The second-order valence-corrected chi connectivity index (χ2v) is 10.8. The maximum Gasteiger partial charge on any atom is 0.258 e. The number of benzene rings is 3. The highest BCUT2D eigenvalue weighted by atomic mass is 32.2.